The number of hydrogen-bond donors (Lipinski definition) is 1. The van der Waals surface area contributed by atoms with Crippen molar-refractivity contribution in [2.75, 3.05) is 14.2 Å². The van der Waals surface area contributed by atoms with E-state index in [9.17, 15) is 5.11 Å². The van der Waals surface area contributed by atoms with Gasteiger partial charge in [0.15, 0.2) is 11.5 Å². The number of benzene rings is 1. The molecule has 1 aromatic carbocycles. The van der Waals surface area contributed by atoms with Crippen molar-refractivity contribution in [2.24, 2.45) is 0 Å². The number of ether oxygens (including phenoxy) is 2. The lowest BCUT2D eigenvalue weighted by Gasteiger charge is -2.13. The van der Waals surface area contributed by atoms with E-state index in [2.05, 4.69) is 13.8 Å². The quantitative estimate of drug-likeness (QED) is 0.807. The molecular formula is C11H16O3. The molecule has 0 bridgehead atoms. The molecular weight excluding hydrogens is 180 g/mol. The van der Waals surface area contributed by atoms with E-state index in [-0.39, 0.29) is 5.75 Å². The second-order valence-corrected chi connectivity index (χ2v) is 3.43. The van der Waals surface area contributed by atoms with Gasteiger partial charge in [-0.05, 0) is 23.6 Å². The summed E-state index contributed by atoms with van der Waals surface area (Å²) in [6, 6.07) is 3.58. The Bertz CT molecular complexity index is 319. The average molecular weight is 196 g/mol. The molecule has 0 aromatic heterocycles. The Hall–Kier alpha value is -1.38. The molecule has 0 aliphatic carbocycles. The van der Waals surface area contributed by atoms with E-state index < -0.39 is 0 Å². The van der Waals surface area contributed by atoms with Gasteiger partial charge in [0.25, 0.3) is 0 Å². The Kier molecular flexibility index (Phi) is 3.23. The fourth-order valence-electron chi connectivity index (χ4n) is 1.30. The van der Waals surface area contributed by atoms with Crippen molar-refractivity contribution in [3.05, 3.63) is 17.7 Å². The van der Waals surface area contributed by atoms with Crippen LogP contribution in [0.5, 0.6) is 17.2 Å². The molecule has 0 amide bonds. The summed E-state index contributed by atoms with van der Waals surface area (Å²) in [6.07, 6.45) is 0. The zero-order valence-electron chi connectivity index (χ0n) is 9.00. The fourth-order valence-corrected chi connectivity index (χ4v) is 1.30. The van der Waals surface area contributed by atoms with Crippen LogP contribution >= 0.6 is 0 Å². The minimum absolute atomic E-state index is 0.121. The minimum atomic E-state index is 0.121. The van der Waals surface area contributed by atoms with E-state index in [1.54, 1.807) is 13.2 Å². The first kappa shape index (κ1) is 10.7. The van der Waals surface area contributed by atoms with E-state index in [1.165, 1.54) is 7.11 Å². The molecule has 0 unspecified atom stereocenters. The van der Waals surface area contributed by atoms with Gasteiger partial charge in [-0.3, -0.25) is 0 Å². The van der Waals surface area contributed by atoms with Gasteiger partial charge in [-0.25, -0.2) is 0 Å². The third-order valence-electron chi connectivity index (χ3n) is 2.15. The Morgan fingerprint density at radius 3 is 2.21 bits per heavy atom. The summed E-state index contributed by atoms with van der Waals surface area (Å²) in [4.78, 5) is 0. The molecule has 3 nitrogen and oxygen atoms in total. The van der Waals surface area contributed by atoms with Crippen molar-refractivity contribution in [1.82, 2.24) is 0 Å². The average Bonchev–Trinajstić information content (AvgIpc) is 2.16. The molecule has 0 saturated carbocycles. The summed E-state index contributed by atoms with van der Waals surface area (Å²) in [5, 5.41) is 9.65. The molecule has 1 rings (SSSR count). The normalized spacial score (nSPS) is 10.4. The number of hydrogen-bond acceptors (Lipinski definition) is 3. The maximum Gasteiger partial charge on any atom is 0.203 e. The highest BCUT2D eigenvalue weighted by Gasteiger charge is 2.12. The SMILES string of the molecule is COc1cc(C(C)C)cc(O)c1OC. The van der Waals surface area contributed by atoms with E-state index in [0.29, 0.717) is 17.4 Å². The molecule has 3 heteroatoms. The lowest BCUT2D eigenvalue weighted by Crippen LogP contribution is -1.94. The highest BCUT2D eigenvalue weighted by Crippen LogP contribution is 2.38. The lowest BCUT2D eigenvalue weighted by molar-refractivity contribution is 0.332. The van der Waals surface area contributed by atoms with E-state index in [4.69, 9.17) is 9.47 Å². The number of phenolic OH excluding ortho intramolecular Hbond substituents is 1. The predicted molar refractivity (Wildman–Crippen MR) is 55.3 cm³/mol. The first-order chi connectivity index (χ1) is 6.60. The second kappa shape index (κ2) is 4.22. The summed E-state index contributed by atoms with van der Waals surface area (Å²) >= 11 is 0. The Morgan fingerprint density at radius 1 is 1.14 bits per heavy atom. The van der Waals surface area contributed by atoms with Crippen molar-refractivity contribution in [3.63, 3.8) is 0 Å². The molecule has 0 spiro atoms. The van der Waals surface area contributed by atoms with Gasteiger partial charge in [0.1, 0.15) is 0 Å². The van der Waals surface area contributed by atoms with Crippen molar-refractivity contribution < 1.29 is 14.6 Å². The smallest absolute Gasteiger partial charge is 0.203 e. The molecule has 0 fully saturated rings. The molecule has 0 aliphatic rings. The van der Waals surface area contributed by atoms with Crippen molar-refractivity contribution in [1.29, 1.82) is 0 Å². The molecule has 78 valence electrons. The van der Waals surface area contributed by atoms with Crippen LogP contribution in [0.4, 0.5) is 0 Å². The van der Waals surface area contributed by atoms with Crippen LogP contribution in [0.15, 0.2) is 12.1 Å². The monoisotopic (exact) mass is 196 g/mol. The predicted octanol–water partition coefficient (Wildman–Crippen LogP) is 2.53. The highest BCUT2D eigenvalue weighted by molar-refractivity contribution is 5.53. The van der Waals surface area contributed by atoms with Gasteiger partial charge in [-0.15, -0.1) is 0 Å². The maximum absolute atomic E-state index is 9.65. The summed E-state index contributed by atoms with van der Waals surface area (Å²) in [6.45, 7) is 4.11. The van der Waals surface area contributed by atoms with Gasteiger partial charge in [0, 0.05) is 0 Å². The van der Waals surface area contributed by atoms with E-state index in [1.807, 2.05) is 6.07 Å². The molecule has 1 aromatic rings. The lowest BCUT2D eigenvalue weighted by atomic mass is 10.0. The van der Waals surface area contributed by atoms with Gasteiger partial charge in [-0.1, -0.05) is 13.8 Å². The van der Waals surface area contributed by atoms with Gasteiger partial charge >= 0.3 is 0 Å². The summed E-state index contributed by atoms with van der Waals surface area (Å²) < 4.78 is 10.1. The standard InChI is InChI=1S/C11H16O3/c1-7(2)8-5-9(12)11(14-4)10(6-8)13-3/h5-7,12H,1-4H3. The molecule has 0 saturated heterocycles. The van der Waals surface area contributed by atoms with E-state index in [0.717, 1.165) is 5.56 Å². The Morgan fingerprint density at radius 2 is 1.79 bits per heavy atom. The van der Waals surface area contributed by atoms with Crippen molar-refractivity contribution in [3.8, 4) is 17.2 Å². The molecule has 0 heterocycles. The minimum Gasteiger partial charge on any atom is -0.504 e. The molecule has 14 heavy (non-hydrogen) atoms. The maximum atomic E-state index is 9.65. The number of aromatic hydroxyl groups is 1. The Labute approximate surface area is 84.3 Å². The third kappa shape index (κ3) is 1.92. The summed E-state index contributed by atoms with van der Waals surface area (Å²) in [7, 11) is 3.06. The first-order valence-electron chi connectivity index (χ1n) is 4.55. The molecule has 0 radical (unpaired) electrons. The van der Waals surface area contributed by atoms with Gasteiger partial charge < -0.3 is 14.6 Å². The van der Waals surface area contributed by atoms with Crippen LogP contribution in [0.1, 0.15) is 25.3 Å². The number of phenols is 1. The van der Waals surface area contributed by atoms with Crippen LogP contribution in [-0.4, -0.2) is 19.3 Å². The molecule has 0 aliphatic heterocycles. The zero-order chi connectivity index (χ0) is 10.7. The summed E-state index contributed by atoms with van der Waals surface area (Å²) in [5.41, 5.74) is 1.03. The second-order valence-electron chi connectivity index (χ2n) is 3.43. The van der Waals surface area contributed by atoms with Crippen LogP contribution in [0, 0.1) is 0 Å². The first-order valence-corrected chi connectivity index (χ1v) is 4.55. The number of methoxy groups -OCH3 is 2. The molecule has 1 N–H and O–H groups in total. The number of rotatable bonds is 3. The van der Waals surface area contributed by atoms with Crippen molar-refractivity contribution >= 4 is 0 Å². The van der Waals surface area contributed by atoms with Crippen LogP contribution in [0.2, 0.25) is 0 Å². The van der Waals surface area contributed by atoms with Gasteiger partial charge in [0.2, 0.25) is 5.75 Å². The largest absolute Gasteiger partial charge is 0.504 e. The van der Waals surface area contributed by atoms with Gasteiger partial charge in [-0.2, -0.15) is 0 Å². The zero-order valence-corrected chi connectivity index (χ0v) is 9.00. The van der Waals surface area contributed by atoms with Crippen LogP contribution < -0.4 is 9.47 Å². The topological polar surface area (TPSA) is 38.7 Å². The fraction of sp³-hybridized carbons (Fsp3) is 0.455. The van der Waals surface area contributed by atoms with Gasteiger partial charge in [0.05, 0.1) is 14.2 Å². The summed E-state index contributed by atoms with van der Waals surface area (Å²) in [5.74, 6) is 1.42. The highest BCUT2D eigenvalue weighted by atomic mass is 16.5. The molecule has 0 atom stereocenters. The third-order valence-corrected chi connectivity index (χ3v) is 2.15. The van der Waals surface area contributed by atoms with Crippen LogP contribution in [0.25, 0.3) is 0 Å². The van der Waals surface area contributed by atoms with Crippen LogP contribution in [-0.2, 0) is 0 Å². The van der Waals surface area contributed by atoms with E-state index >= 15 is 0 Å². The Balaban J connectivity index is 3.24. The van der Waals surface area contributed by atoms with Crippen LogP contribution in [0.3, 0.4) is 0 Å². The van der Waals surface area contributed by atoms with Crippen molar-refractivity contribution in [2.45, 2.75) is 19.8 Å².